The standard InChI is InChI=1S/C10H6ClF2N/c11-3-1-2-7-4-9(12)8(6-14)10(13)5-7/h1-2,4-5H,3H2. The van der Waals surface area contributed by atoms with Crippen molar-refractivity contribution in [3.8, 4) is 6.07 Å². The normalized spacial score (nSPS) is 10.4. The summed E-state index contributed by atoms with van der Waals surface area (Å²) in [4.78, 5) is 0. The molecule has 0 heterocycles. The van der Waals surface area contributed by atoms with E-state index < -0.39 is 17.2 Å². The monoisotopic (exact) mass is 213 g/mol. The van der Waals surface area contributed by atoms with Crippen molar-refractivity contribution in [1.29, 1.82) is 5.26 Å². The molecule has 72 valence electrons. The Kier molecular flexibility index (Phi) is 3.61. The lowest BCUT2D eigenvalue weighted by Crippen LogP contribution is -1.91. The first kappa shape index (κ1) is 10.7. The summed E-state index contributed by atoms with van der Waals surface area (Å²) in [7, 11) is 0. The van der Waals surface area contributed by atoms with Crippen LogP contribution in [0.2, 0.25) is 0 Å². The van der Waals surface area contributed by atoms with Crippen LogP contribution in [0.5, 0.6) is 0 Å². The summed E-state index contributed by atoms with van der Waals surface area (Å²) in [6.07, 6.45) is 3.04. The molecule has 0 saturated carbocycles. The Balaban J connectivity index is 3.16. The molecule has 1 aromatic rings. The number of benzene rings is 1. The van der Waals surface area contributed by atoms with Crippen molar-refractivity contribution in [3.05, 3.63) is 41.0 Å². The summed E-state index contributed by atoms with van der Waals surface area (Å²) in [6.45, 7) is 0. The van der Waals surface area contributed by atoms with Gasteiger partial charge in [0.15, 0.2) is 0 Å². The largest absolute Gasteiger partial charge is 0.205 e. The van der Waals surface area contributed by atoms with E-state index in [4.69, 9.17) is 16.9 Å². The quantitative estimate of drug-likeness (QED) is 0.693. The van der Waals surface area contributed by atoms with Gasteiger partial charge in [0.2, 0.25) is 0 Å². The molecule has 1 aromatic carbocycles. The topological polar surface area (TPSA) is 23.8 Å². The molecule has 0 amide bonds. The van der Waals surface area contributed by atoms with E-state index in [0.717, 1.165) is 12.1 Å². The Labute approximate surface area is 85.2 Å². The van der Waals surface area contributed by atoms with Gasteiger partial charge in [0.05, 0.1) is 0 Å². The molecule has 1 rings (SSSR count). The number of nitrogens with zero attached hydrogens (tertiary/aromatic N) is 1. The van der Waals surface area contributed by atoms with Crippen LogP contribution in [-0.4, -0.2) is 5.88 Å². The summed E-state index contributed by atoms with van der Waals surface area (Å²) in [5, 5.41) is 8.40. The lowest BCUT2D eigenvalue weighted by Gasteiger charge is -1.98. The van der Waals surface area contributed by atoms with Gasteiger partial charge in [-0.25, -0.2) is 8.78 Å². The van der Waals surface area contributed by atoms with Crippen LogP contribution in [0.1, 0.15) is 11.1 Å². The molecule has 14 heavy (non-hydrogen) atoms. The van der Waals surface area contributed by atoms with Crippen LogP contribution in [0, 0.1) is 23.0 Å². The van der Waals surface area contributed by atoms with Crippen LogP contribution in [-0.2, 0) is 0 Å². The first-order chi connectivity index (χ1) is 6.69. The molecule has 0 aliphatic heterocycles. The van der Waals surface area contributed by atoms with Crippen molar-refractivity contribution in [3.63, 3.8) is 0 Å². The van der Waals surface area contributed by atoms with Crippen LogP contribution in [0.15, 0.2) is 18.2 Å². The molecule has 0 bridgehead atoms. The van der Waals surface area contributed by atoms with Crippen LogP contribution in [0.3, 0.4) is 0 Å². The maximum Gasteiger partial charge on any atom is 0.144 e. The summed E-state index contributed by atoms with van der Waals surface area (Å²) in [6, 6.07) is 3.62. The highest BCUT2D eigenvalue weighted by atomic mass is 35.5. The van der Waals surface area contributed by atoms with Gasteiger partial charge in [-0.05, 0) is 17.7 Å². The van der Waals surface area contributed by atoms with Crippen molar-refractivity contribution in [2.45, 2.75) is 0 Å². The SMILES string of the molecule is N#Cc1c(F)cc(C=CCCl)cc1F. The molecule has 0 fully saturated rings. The third-order valence-corrected chi connectivity index (χ3v) is 1.75. The average Bonchev–Trinajstić information content (AvgIpc) is 2.14. The van der Waals surface area contributed by atoms with Crippen LogP contribution < -0.4 is 0 Å². The molecular formula is C10H6ClF2N. The lowest BCUT2D eigenvalue weighted by molar-refractivity contribution is 0.576. The lowest BCUT2D eigenvalue weighted by atomic mass is 10.1. The molecule has 0 N–H and O–H groups in total. The Morgan fingerprint density at radius 1 is 1.36 bits per heavy atom. The fourth-order valence-electron chi connectivity index (χ4n) is 0.976. The van der Waals surface area contributed by atoms with Crippen molar-refractivity contribution >= 4 is 17.7 Å². The number of alkyl halides is 1. The summed E-state index contributed by atoms with van der Waals surface area (Å²) in [5.41, 5.74) is -0.215. The highest BCUT2D eigenvalue weighted by Crippen LogP contribution is 2.15. The molecule has 1 nitrogen and oxygen atoms in total. The number of rotatable bonds is 2. The molecule has 4 heteroatoms. The van der Waals surface area contributed by atoms with Gasteiger partial charge < -0.3 is 0 Å². The van der Waals surface area contributed by atoms with Crippen molar-refractivity contribution in [2.75, 3.05) is 5.88 Å². The Hall–Kier alpha value is -1.40. The fraction of sp³-hybridized carbons (Fsp3) is 0.100. The second-order valence-electron chi connectivity index (χ2n) is 2.53. The van der Waals surface area contributed by atoms with Gasteiger partial charge in [-0.15, -0.1) is 11.6 Å². The molecule has 0 unspecified atom stereocenters. The number of halogens is 3. The Morgan fingerprint density at radius 2 is 1.93 bits per heavy atom. The smallest absolute Gasteiger partial charge is 0.144 e. The third kappa shape index (κ3) is 2.30. The van der Waals surface area contributed by atoms with E-state index in [1.165, 1.54) is 12.1 Å². The average molecular weight is 214 g/mol. The van der Waals surface area contributed by atoms with E-state index in [1.807, 2.05) is 0 Å². The van der Waals surface area contributed by atoms with E-state index in [-0.39, 0.29) is 5.88 Å². The molecule has 0 saturated heterocycles. The van der Waals surface area contributed by atoms with E-state index >= 15 is 0 Å². The number of hydrogen-bond acceptors (Lipinski definition) is 1. The molecular weight excluding hydrogens is 208 g/mol. The highest BCUT2D eigenvalue weighted by molar-refractivity contribution is 6.19. The van der Waals surface area contributed by atoms with Crippen molar-refractivity contribution in [1.82, 2.24) is 0 Å². The first-order valence-corrected chi connectivity index (χ1v) is 4.34. The van der Waals surface area contributed by atoms with E-state index in [1.54, 1.807) is 6.08 Å². The third-order valence-electron chi connectivity index (χ3n) is 1.58. The Bertz CT molecular complexity index is 384. The van der Waals surface area contributed by atoms with Gasteiger partial charge in [0.25, 0.3) is 0 Å². The maximum atomic E-state index is 13.0. The summed E-state index contributed by atoms with van der Waals surface area (Å²) in [5.74, 6) is -1.45. The first-order valence-electron chi connectivity index (χ1n) is 3.80. The summed E-state index contributed by atoms with van der Waals surface area (Å²) < 4.78 is 26.0. The van der Waals surface area contributed by atoms with E-state index in [9.17, 15) is 8.78 Å². The molecule has 0 atom stereocenters. The van der Waals surface area contributed by atoms with Crippen LogP contribution in [0.4, 0.5) is 8.78 Å². The van der Waals surface area contributed by atoms with Crippen LogP contribution >= 0.6 is 11.6 Å². The minimum absolute atomic E-state index is 0.267. The van der Waals surface area contributed by atoms with E-state index in [2.05, 4.69) is 0 Å². The van der Waals surface area contributed by atoms with Gasteiger partial charge in [0.1, 0.15) is 23.3 Å². The van der Waals surface area contributed by atoms with Gasteiger partial charge >= 0.3 is 0 Å². The number of hydrogen-bond donors (Lipinski definition) is 0. The number of nitriles is 1. The van der Waals surface area contributed by atoms with Gasteiger partial charge in [0, 0.05) is 5.88 Å². The second kappa shape index (κ2) is 4.73. The number of allylic oxidation sites excluding steroid dienone is 1. The van der Waals surface area contributed by atoms with Gasteiger partial charge in [-0.2, -0.15) is 5.26 Å². The minimum atomic E-state index is -0.860. The van der Waals surface area contributed by atoms with Crippen LogP contribution in [0.25, 0.3) is 6.08 Å². The highest BCUT2D eigenvalue weighted by Gasteiger charge is 2.08. The van der Waals surface area contributed by atoms with E-state index in [0.29, 0.717) is 5.56 Å². The van der Waals surface area contributed by atoms with Crippen molar-refractivity contribution in [2.24, 2.45) is 0 Å². The molecule has 0 aliphatic rings. The van der Waals surface area contributed by atoms with Gasteiger partial charge in [-0.3, -0.25) is 0 Å². The zero-order valence-corrected chi connectivity index (χ0v) is 7.85. The predicted molar refractivity (Wildman–Crippen MR) is 50.8 cm³/mol. The molecule has 0 aromatic heterocycles. The zero-order valence-electron chi connectivity index (χ0n) is 7.10. The minimum Gasteiger partial charge on any atom is -0.205 e. The second-order valence-corrected chi connectivity index (χ2v) is 2.84. The zero-order chi connectivity index (χ0) is 10.6. The Morgan fingerprint density at radius 3 is 2.36 bits per heavy atom. The summed E-state index contributed by atoms with van der Waals surface area (Å²) >= 11 is 5.36. The molecule has 0 radical (unpaired) electrons. The molecule has 0 aliphatic carbocycles. The fourth-order valence-corrected chi connectivity index (χ4v) is 1.07. The predicted octanol–water partition coefficient (Wildman–Crippen LogP) is 3.09. The maximum absolute atomic E-state index is 13.0. The molecule has 0 spiro atoms. The van der Waals surface area contributed by atoms with Gasteiger partial charge in [-0.1, -0.05) is 12.2 Å². The van der Waals surface area contributed by atoms with Crippen molar-refractivity contribution < 1.29 is 8.78 Å².